The van der Waals surface area contributed by atoms with Crippen molar-refractivity contribution in [2.24, 2.45) is 5.92 Å². The first-order chi connectivity index (χ1) is 7.41. The molecule has 1 amide bonds. The van der Waals surface area contributed by atoms with Crippen LogP contribution in [0.3, 0.4) is 0 Å². The van der Waals surface area contributed by atoms with Gasteiger partial charge in [-0.3, -0.25) is 4.79 Å². The Bertz CT molecular complexity index is 369. The zero-order valence-electron chi connectivity index (χ0n) is 9.93. The van der Waals surface area contributed by atoms with Crippen molar-refractivity contribution < 1.29 is 13.2 Å². The molecule has 0 fully saturated rings. The Morgan fingerprint density at radius 3 is 2.50 bits per heavy atom. The molecule has 5 heteroatoms. The van der Waals surface area contributed by atoms with E-state index >= 15 is 0 Å². The van der Waals surface area contributed by atoms with Crippen molar-refractivity contribution in [3.05, 3.63) is 24.3 Å². The van der Waals surface area contributed by atoms with E-state index < -0.39 is 15.9 Å². The van der Waals surface area contributed by atoms with E-state index in [0.717, 1.165) is 6.42 Å². The van der Waals surface area contributed by atoms with E-state index in [1.807, 2.05) is 25.5 Å². The maximum atomic E-state index is 11.5. The predicted octanol–water partition coefficient (Wildman–Crippen LogP) is 1.61. The van der Waals surface area contributed by atoms with Crippen LogP contribution in [0.4, 0.5) is 0 Å². The second-order valence-corrected chi connectivity index (χ2v) is 5.41. The molecule has 0 spiro atoms. The minimum Gasteiger partial charge on any atom is -0.269 e. The number of hydrogen-bond donors (Lipinski definition) is 1. The first-order valence-corrected chi connectivity index (χ1v) is 6.90. The fourth-order valence-corrected chi connectivity index (χ4v) is 2.42. The van der Waals surface area contributed by atoms with Crippen LogP contribution in [0.5, 0.6) is 0 Å². The number of carbonyl (C=O) groups is 1. The summed E-state index contributed by atoms with van der Waals surface area (Å²) in [5.74, 6) is -0.585. The first-order valence-electron chi connectivity index (χ1n) is 5.25. The van der Waals surface area contributed by atoms with Crippen molar-refractivity contribution in [1.82, 2.24) is 4.72 Å². The molecule has 0 saturated carbocycles. The van der Waals surface area contributed by atoms with Crippen molar-refractivity contribution in [2.45, 2.75) is 27.2 Å². The van der Waals surface area contributed by atoms with E-state index in [9.17, 15) is 13.2 Å². The highest BCUT2D eigenvalue weighted by atomic mass is 32.2. The van der Waals surface area contributed by atoms with Gasteiger partial charge in [-0.1, -0.05) is 38.5 Å². The molecule has 0 aromatic rings. The lowest BCUT2D eigenvalue weighted by molar-refractivity contribution is -0.114. The average molecular weight is 245 g/mol. The summed E-state index contributed by atoms with van der Waals surface area (Å²) < 4.78 is 24.9. The maximum Gasteiger partial charge on any atom is 0.257 e. The molecule has 0 aliphatic carbocycles. The van der Waals surface area contributed by atoms with Gasteiger partial charge in [-0.2, -0.15) is 0 Å². The van der Waals surface area contributed by atoms with Crippen LogP contribution < -0.4 is 4.72 Å². The molecular formula is C11H19NO3S. The van der Waals surface area contributed by atoms with Gasteiger partial charge in [0.1, 0.15) is 0 Å². The van der Waals surface area contributed by atoms with Gasteiger partial charge in [0.2, 0.25) is 10.0 Å². The molecule has 1 N–H and O–H groups in total. The lowest BCUT2D eigenvalue weighted by atomic mass is 10.2. The number of carbonyl (C=O) groups excluding carboxylic acids is 1. The Kier molecular flexibility index (Phi) is 6.72. The zero-order valence-corrected chi connectivity index (χ0v) is 10.8. The van der Waals surface area contributed by atoms with Gasteiger partial charge in [-0.25, -0.2) is 13.1 Å². The van der Waals surface area contributed by atoms with E-state index in [1.165, 1.54) is 12.2 Å². The van der Waals surface area contributed by atoms with Crippen molar-refractivity contribution in [3.63, 3.8) is 0 Å². The molecule has 1 atom stereocenters. The molecule has 16 heavy (non-hydrogen) atoms. The van der Waals surface area contributed by atoms with Crippen molar-refractivity contribution in [1.29, 1.82) is 0 Å². The van der Waals surface area contributed by atoms with Gasteiger partial charge < -0.3 is 0 Å². The van der Waals surface area contributed by atoms with Crippen LogP contribution in [0, 0.1) is 5.92 Å². The standard InChI is InChI=1S/C11H19NO3S/c1-4-6-7-8-11(13)12-16(14,15)9-10(3)5-2/h4,6-8,10H,5,9H2,1-3H3,(H,12,13)/b6-4+,8-7-/t10-/m1/s1. The SMILES string of the molecule is C/C=C/C=C\C(=O)NS(=O)(=O)C[C@H](C)CC. The van der Waals surface area contributed by atoms with Crippen LogP contribution in [0.15, 0.2) is 24.3 Å². The highest BCUT2D eigenvalue weighted by molar-refractivity contribution is 7.90. The summed E-state index contributed by atoms with van der Waals surface area (Å²) in [6, 6.07) is 0. The normalized spacial score (nSPS) is 14.4. The summed E-state index contributed by atoms with van der Waals surface area (Å²) in [6.45, 7) is 5.55. The third-order valence-electron chi connectivity index (χ3n) is 2.01. The summed E-state index contributed by atoms with van der Waals surface area (Å²) in [4.78, 5) is 11.2. The Morgan fingerprint density at radius 1 is 1.38 bits per heavy atom. The van der Waals surface area contributed by atoms with Gasteiger partial charge in [0.25, 0.3) is 5.91 Å². The molecule has 0 aliphatic heterocycles. The van der Waals surface area contributed by atoms with Gasteiger partial charge in [0, 0.05) is 6.08 Å². The number of allylic oxidation sites excluding steroid dienone is 3. The zero-order chi connectivity index (χ0) is 12.6. The second kappa shape index (κ2) is 7.22. The van der Waals surface area contributed by atoms with E-state index in [1.54, 1.807) is 12.2 Å². The number of sulfonamides is 1. The molecule has 0 aromatic carbocycles. The molecular weight excluding hydrogens is 226 g/mol. The lowest BCUT2D eigenvalue weighted by Crippen LogP contribution is -2.33. The summed E-state index contributed by atoms with van der Waals surface area (Å²) in [6.07, 6.45) is 6.85. The molecule has 92 valence electrons. The maximum absolute atomic E-state index is 11.5. The third kappa shape index (κ3) is 7.23. The topological polar surface area (TPSA) is 63.2 Å². The lowest BCUT2D eigenvalue weighted by Gasteiger charge is -2.09. The third-order valence-corrected chi connectivity index (χ3v) is 3.53. The van der Waals surface area contributed by atoms with Crippen LogP contribution in [0.2, 0.25) is 0 Å². The first kappa shape index (κ1) is 14.9. The van der Waals surface area contributed by atoms with Crippen LogP contribution in [-0.2, 0) is 14.8 Å². The van der Waals surface area contributed by atoms with Crippen molar-refractivity contribution >= 4 is 15.9 Å². The molecule has 0 radical (unpaired) electrons. The quantitative estimate of drug-likeness (QED) is 0.571. The van der Waals surface area contributed by atoms with Gasteiger partial charge in [-0.15, -0.1) is 0 Å². The summed E-state index contributed by atoms with van der Waals surface area (Å²) in [7, 11) is -3.50. The van der Waals surface area contributed by atoms with E-state index in [4.69, 9.17) is 0 Å². The Balaban J connectivity index is 4.32. The summed E-state index contributed by atoms with van der Waals surface area (Å²) in [5, 5.41) is 0. The van der Waals surface area contributed by atoms with E-state index in [-0.39, 0.29) is 11.7 Å². The summed E-state index contributed by atoms with van der Waals surface area (Å²) in [5.41, 5.74) is 0. The average Bonchev–Trinajstić information content (AvgIpc) is 2.16. The predicted molar refractivity (Wildman–Crippen MR) is 65.3 cm³/mol. The number of nitrogens with one attached hydrogen (secondary N) is 1. The monoisotopic (exact) mass is 245 g/mol. The molecule has 0 heterocycles. The molecule has 0 rings (SSSR count). The van der Waals surface area contributed by atoms with Crippen LogP contribution >= 0.6 is 0 Å². The van der Waals surface area contributed by atoms with Gasteiger partial charge in [0.05, 0.1) is 5.75 Å². The molecule has 4 nitrogen and oxygen atoms in total. The molecule has 0 saturated heterocycles. The Hall–Kier alpha value is -1.10. The van der Waals surface area contributed by atoms with Gasteiger partial charge in [-0.05, 0) is 12.8 Å². The highest BCUT2D eigenvalue weighted by Gasteiger charge is 2.15. The summed E-state index contributed by atoms with van der Waals surface area (Å²) >= 11 is 0. The Labute approximate surface area is 97.5 Å². The number of rotatable bonds is 6. The van der Waals surface area contributed by atoms with Gasteiger partial charge >= 0.3 is 0 Å². The van der Waals surface area contributed by atoms with E-state index in [0.29, 0.717) is 0 Å². The molecule has 0 bridgehead atoms. The molecule has 0 aromatic heterocycles. The molecule has 0 aliphatic rings. The van der Waals surface area contributed by atoms with Gasteiger partial charge in [0.15, 0.2) is 0 Å². The minimum absolute atomic E-state index is 0.0211. The Morgan fingerprint density at radius 2 is 2.00 bits per heavy atom. The fraction of sp³-hybridized carbons (Fsp3) is 0.545. The van der Waals surface area contributed by atoms with Crippen molar-refractivity contribution in [2.75, 3.05) is 5.75 Å². The number of hydrogen-bond acceptors (Lipinski definition) is 3. The largest absolute Gasteiger partial charge is 0.269 e. The number of amides is 1. The minimum atomic E-state index is -3.50. The smallest absolute Gasteiger partial charge is 0.257 e. The highest BCUT2D eigenvalue weighted by Crippen LogP contribution is 2.03. The van der Waals surface area contributed by atoms with E-state index in [2.05, 4.69) is 0 Å². The molecule has 0 unspecified atom stereocenters. The van der Waals surface area contributed by atoms with Crippen LogP contribution in [0.25, 0.3) is 0 Å². The van der Waals surface area contributed by atoms with Crippen molar-refractivity contribution in [3.8, 4) is 0 Å². The van der Waals surface area contributed by atoms with Crippen LogP contribution in [-0.4, -0.2) is 20.1 Å². The fourth-order valence-electron chi connectivity index (χ4n) is 0.975. The van der Waals surface area contributed by atoms with Crippen LogP contribution in [0.1, 0.15) is 27.2 Å². The second-order valence-electron chi connectivity index (χ2n) is 3.65.